The fourth-order valence-electron chi connectivity index (χ4n) is 3.85. The highest BCUT2D eigenvalue weighted by molar-refractivity contribution is 7.93. The summed E-state index contributed by atoms with van der Waals surface area (Å²) in [6.07, 6.45) is 6.78. The second-order valence-electron chi connectivity index (χ2n) is 7.19. The molecule has 1 aromatic rings. The van der Waals surface area contributed by atoms with E-state index in [1.54, 1.807) is 0 Å². The Kier molecular flexibility index (Phi) is 5.01. The van der Waals surface area contributed by atoms with Crippen molar-refractivity contribution in [2.24, 2.45) is 15.9 Å². The van der Waals surface area contributed by atoms with Crippen molar-refractivity contribution < 1.29 is 17.6 Å². The van der Waals surface area contributed by atoms with E-state index in [4.69, 9.17) is 0 Å². The lowest BCUT2D eigenvalue weighted by atomic mass is 9.93. The van der Waals surface area contributed by atoms with E-state index in [0.29, 0.717) is 30.8 Å². The number of nitrogens with zero attached hydrogens (tertiary/aromatic N) is 2. The van der Waals surface area contributed by atoms with Gasteiger partial charge < -0.3 is 5.32 Å². The summed E-state index contributed by atoms with van der Waals surface area (Å²) in [5, 5.41) is 2.39. The topological polar surface area (TPSA) is 100.0 Å². The zero-order valence-electron chi connectivity index (χ0n) is 15.2. The molecule has 0 amide bonds. The standard InChI is InChI=1S/C19H21FN4O3S/c20-17-13(18(25)14-10-22-19-15(14)9-21-11-23-19)7-4-8-16(17)24-28(26,27)12-5-2-1-3-6-12/h4,7-8,10-12,15,24H,1-3,5-6,9H2,(H,21,22,23). The van der Waals surface area contributed by atoms with Crippen LogP contribution < -0.4 is 10.0 Å². The number of amidine groups is 1. The number of Topliss-reactive ketones (excluding diaryl/α,β-unsaturated/α-hetero) is 1. The monoisotopic (exact) mass is 404 g/mol. The Hall–Kier alpha value is -2.55. The van der Waals surface area contributed by atoms with Gasteiger partial charge in [0.2, 0.25) is 10.0 Å². The summed E-state index contributed by atoms with van der Waals surface area (Å²) in [7, 11) is -3.71. The average molecular weight is 404 g/mol. The van der Waals surface area contributed by atoms with Crippen molar-refractivity contribution >= 4 is 33.7 Å². The number of halogens is 1. The van der Waals surface area contributed by atoms with Crippen LogP contribution >= 0.6 is 0 Å². The molecule has 1 aromatic carbocycles. The van der Waals surface area contributed by atoms with Gasteiger partial charge in [0.05, 0.1) is 29.0 Å². The van der Waals surface area contributed by atoms with Crippen molar-refractivity contribution in [1.82, 2.24) is 5.32 Å². The van der Waals surface area contributed by atoms with Crippen LogP contribution in [-0.2, 0) is 10.0 Å². The van der Waals surface area contributed by atoms with Crippen molar-refractivity contribution in [2.75, 3.05) is 11.3 Å². The fourth-order valence-corrected chi connectivity index (χ4v) is 5.43. The second kappa shape index (κ2) is 7.46. The molecule has 0 aromatic heterocycles. The third kappa shape index (κ3) is 3.46. The molecule has 148 valence electrons. The van der Waals surface area contributed by atoms with E-state index in [1.807, 2.05) is 0 Å². The average Bonchev–Trinajstić information content (AvgIpc) is 3.14. The molecular weight excluding hydrogens is 383 g/mol. The molecule has 1 fully saturated rings. The minimum Gasteiger partial charge on any atom is -0.349 e. The summed E-state index contributed by atoms with van der Waals surface area (Å²) in [4.78, 5) is 21.0. The number of benzene rings is 1. The minimum absolute atomic E-state index is 0.173. The molecule has 1 atom stereocenters. The number of anilines is 1. The molecule has 1 unspecified atom stereocenters. The van der Waals surface area contributed by atoms with Crippen LogP contribution in [0.2, 0.25) is 0 Å². The van der Waals surface area contributed by atoms with Crippen LogP contribution in [0.3, 0.4) is 0 Å². The summed E-state index contributed by atoms with van der Waals surface area (Å²) in [6, 6.07) is 4.18. The van der Waals surface area contributed by atoms with Crippen LogP contribution in [0.15, 0.2) is 40.0 Å². The lowest BCUT2D eigenvalue weighted by molar-refractivity contribution is 0.102. The largest absolute Gasteiger partial charge is 0.349 e. The Labute approximate surface area is 162 Å². The van der Waals surface area contributed by atoms with Gasteiger partial charge in [-0.2, -0.15) is 0 Å². The maximum Gasteiger partial charge on any atom is 0.235 e. The Morgan fingerprint density at radius 1 is 1.21 bits per heavy atom. The van der Waals surface area contributed by atoms with Crippen molar-refractivity contribution in [3.8, 4) is 0 Å². The fraction of sp³-hybridized carbons (Fsp3) is 0.421. The molecule has 4 rings (SSSR count). The zero-order chi connectivity index (χ0) is 19.7. The van der Waals surface area contributed by atoms with Gasteiger partial charge in [0.15, 0.2) is 11.6 Å². The lowest BCUT2D eigenvalue weighted by Gasteiger charge is -2.22. The molecule has 3 aliphatic rings. The molecule has 0 radical (unpaired) electrons. The van der Waals surface area contributed by atoms with E-state index in [9.17, 15) is 13.2 Å². The van der Waals surface area contributed by atoms with Gasteiger partial charge in [-0.25, -0.2) is 17.8 Å². The molecule has 1 aliphatic carbocycles. The second-order valence-corrected chi connectivity index (χ2v) is 9.16. The summed E-state index contributed by atoms with van der Waals surface area (Å²) in [5.74, 6) is -1.10. The number of rotatable bonds is 5. The van der Waals surface area contributed by atoms with Crippen molar-refractivity contribution in [3.63, 3.8) is 0 Å². The molecule has 28 heavy (non-hydrogen) atoms. The van der Waals surface area contributed by atoms with E-state index in [1.165, 1.54) is 30.7 Å². The molecular formula is C19H21FN4O3S. The van der Waals surface area contributed by atoms with Gasteiger partial charge in [-0.05, 0) is 25.0 Å². The van der Waals surface area contributed by atoms with Crippen LogP contribution in [0.25, 0.3) is 0 Å². The molecule has 1 saturated carbocycles. The first-order chi connectivity index (χ1) is 13.5. The third-order valence-corrected chi connectivity index (χ3v) is 7.25. The van der Waals surface area contributed by atoms with E-state index in [0.717, 1.165) is 19.3 Å². The number of fused-ring (bicyclic) bond motifs is 1. The quantitative estimate of drug-likeness (QED) is 0.737. The predicted octanol–water partition coefficient (Wildman–Crippen LogP) is 2.63. The molecule has 0 saturated heterocycles. The molecule has 2 N–H and O–H groups in total. The van der Waals surface area contributed by atoms with Gasteiger partial charge >= 0.3 is 0 Å². The molecule has 7 nitrogen and oxygen atoms in total. The predicted molar refractivity (Wildman–Crippen MR) is 106 cm³/mol. The van der Waals surface area contributed by atoms with Crippen molar-refractivity contribution in [3.05, 3.63) is 41.4 Å². The first-order valence-corrected chi connectivity index (χ1v) is 10.9. The van der Waals surface area contributed by atoms with Gasteiger partial charge in [0, 0.05) is 11.8 Å². The summed E-state index contributed by atoms with van der Waals surface area (Å²) >= 11 is 0. The third-order valence-electron chi connectivity index (χ3n) is 5.40. The highest BCUT2D eigenvalue weighted by atomic mass is 32.2. The first kappa shape index (κ1) is 18.8. The number of sulfonamides is 1. The molecule has 0 bridgehead atoms. The van der Waals surface area contributed by atoms with E-state index >= 15 is 4.39 Å². The molecule has 2 heterocycles. The van der Waals surface area contributed by atoms with Gasteiger partial charge in [0.1, 0.15) is 12.2 Å². The molecule has 9 heteroatoms. The number of aliphatic imine (C=N–C) groups is 2. The Balaban J connectivity index is 1.58. The number of carbonyl (C=O) groups is 1. The Bertz CT molecular complexity index is 994. The van der Waals surface area contributed by atoms with Crippen LogP contribution in [-0.4, -0.2) is 38.2 Å². The maximum atomic E-state index is 15.0. The Morgan fingerprint density at radius 2 is 2.00 bits per heavy atom. The highest BCUT2D eigenvalue weighted by Gasteiger charge is 2.34. The number of nitrogens with one attached hydrogen (secondary N) is 2. The normalized spacial score (nSPS) is 22.1. The van der Waals surface area contributed by atoms with Crippen LogP contribution in [0.1, 0.15) is 42.5 Å². The smallest absolute Gasteiger partial charge is 0.235 e. The van der Waals surface area contributed by atoms with Crippen LogP contribution in [0.4, 0.5) is 10.1 Å². The number of hydrogen-bond donors (Lipinski definition) is 2. The van der Waals surface area contributed by atoms with E-state index in [2.05, 4.69) is 20.0 Å². The summed E-state index contributed by atoms with van der Waals surface area (Å²) < 4.78 is 42.6. The summed E-state index contributed by atoms with van der Waals surface area (Å²) in [5.41, 5.74) is -0.00646. The highest BCUT2D eigenvalue weighted by Crippen LogP contribution is 2.29. The maximum absolute atomic E-state index is 15.0. The molecule has 0 spiro atoms. The zero-order valence-corrected chi connectivity index (χ0v) is 16.0. The van der Waals surface area contributed by atoms with Crippen molar-refractivity contribution in [2.45, 2.75) is 37.4 Å². The van der Waals surface area contributed by atoms with Gasteiger partial charge in [-0.3, -0.25) is 14.5 Å². The van der Waals surface area contributed by atoms with E-state index in [-0.39, 0.29) is 17.2 Å². The number of carbonyl (C=O) groups excluding carboxylic acids is 1. The van der Waals surface area contributed by atoms with Crippen molar-refractivity contribution in [1.29, 1.82) is 0 Å². The summed E-state index contributed by atoms with van der Waals surface area (Å²) in [6.45, 7) is 0.360. The van der Waals surface area contributed by atoms with E-state index < -0.39 is 26.9 Å². The SMILES string of the molecule is O=C(C1=CNC2=NC=NCC12)c1cccc(NS(=O)(=O)C2CCCCC2)c1F. The van der Waals surface area contributed by atoms with Gasteiger partial charge in [0.25, 0.3) is 0 Å². The number of hydrogen-bond acceptors (Lipinski definition) is 6. The number of ketones is 1. The van der Waals surface area contributed by atoms with Crippen LogP contribution in [0, 0.1) is 11.7 Å². The first-order valence-electron chi connectivity index (χ1n) is 9.35. The Morgan fingerprint density at radius 3 is 2.79 bits per heavy atom. The van der Waals surface area contributed by atoms with Gasteiger partial charge in [-0.1, -0.05) is 25.3 Å². The lowest BCUT2D eigenvalue weighted by Crippen LogP contribution is -2.30. The molecule has 2 aliphatic heterocycles. The minimum atomic E-state index is -3.71. The van der Waals surface area contributed by atoms with Crippen LogP contribution in [0.5, 0.6) is 0 Å². The van der Waals surface area contributed by atoms with Gasteiger partial charge in [-0.15, -0.1) is 0 Å².